The highest BCUT2D eigenvalue weighted by Crippen LogP contribution is 2.14. The van der Waals surface area contributed by atoms with Crippen molar-refractivity contribution < 1.29 is 14.3 Å². The zero-order valence-electron chi connectivity index (χ0n) is 12.5. The number of benzene rings is 2. The van der Waals surface area contributed by atoms with Crippen LogP contribution in [-0.4, -0.2) is 18.4 Å². The standard InChI is InChI=1S/C17H15N3O3/c1-12(21)19-14-5-7-15(8-6-14)20-17(22)11-23-16-4-2-3-13(9-16)10-18/h2-9H,11H2,1H3,(H,19,21)(H,20,22). The normalized spacial score (nSPS) is 9.57. The largest absolute Gasteiger partial charge is 0.484 e. The van der Waals surface area contributed by atoms with E-state index in [1.165, 1.54) is 6.92 Å². The summed E-state index contributed by atoms with van der Waals surface area (Å²) in [7, 11) is 0. The summed E-state index contributed by atoms with van der Waals surface area (Å²) in [5.41, 5.74) is 1.72. The predicted molar refractivity (Wildman–Crippen MR) is 86.0 cm³/mol. The van der Waals surface area contributed by atoms with Gasteiger partial charge < -0.3 is 15.4 Å². The average Bonchev–Trinajstić information content (AvgIpc) is 2.54. The monoisotopic (exact) mass is 309 g/mol. The van der Waals surface area contributed by atoms with Gasteiger partial charge in [0.1, 0.15) is 5.75 Å². The van der Waals surface area contributed by atoms with Crippen LogP contribution >= 0.6 is 0 Å². The molecule has 0 aliphatic carbocycles. The van der Waals surface area contributed by atoms with Crippen LogP contribution in [0, 0.1) is 11.3 Å². The molecule has 2 aromatic carbocycles. The third-order valence-electron chi connectivity index (χ3n) is 2.82. The number of hydrogen-bond donors (Lipinski definition) is 2. The number of hydrogen-bond acceptors (Lipinski definition) is 4. The van der Waals surface area contributed by atoms with E-state index in [1.54, 1.807) is 48.5 Å². The first-order valence-electron chi connectivity index (χ1n) is 6.87. The first kappa shape index (κ1) is 16.0. The van der Waals surface area contributed by atoms with E-state index in [-0.39, 0.29) is 18.4 Å². The Morgan fingerprint density at radius 3 is 2.35 bits per heavy atom. The molecule has 6 heteroatoms. The molecule has 0 saturated heterocycles. The molecule has 0 heterocycles. The minimum absolute atomic E-state index is 0.158. The number of rotatable bonds is 5. The van der Waals surface area contributed by atoms with Crippen molar-refractivity contribution in [2.24, 2.45) is 0 Å². The number of anilines is 2. The first-order valence-corrected chi connectivity index (χ1v) is 6.87. The van der Waals surface area contributed by atoms with E-state index in [0.29, 0.717) is 22.7 Å². The van der Waals surface area contributed by atoms with Gasteiger partial charge in [-0.1, -0.05) is 6.07 Å². The molecule has 0 bridgehead atoms. The van der Waals surface area contributed by atoms with E-state index in [0.717, 1.165) is 0 Å². The smallest absolute Gasteiger partial charge is 0.262 e. The molecule has 0 atom stereocenters. The van der Waals surface area contributed by atoms with Gasteiger partial charge in [0.25, 0.3) is 5.91 Å². The van der Waals surface area contributed by atoms with Gasteiger partial charge in [-0.05, 0) is 42.5 Å². The number of ether oxygens (including phenoxy) is 1. The molecule has 23 heavy (non-hydrogen) atoms. The molecule has 2 aromatic rings. The van der Waals surface area contributed by atoms with Crippen LogP contribution in [0.1, 0.15) is 12.5 Å². The molecule has 0 unspecified atom stereocenters. The van der Waals surface area contributed by atoms with E-state index in [1.807, 2.05) is 6.07 Å². The van der Waals surface area contributed by atoms with Crippen LogP contribution in [0.25, 0.3) is 0 Å². The molecule has 0 aliphatic heterocycles. The van der Waals surface area contributed by atoms with Crippen LogP contribution < -0.4 is 15.4 Å². The second-order valence-corrected chi connectivity index (χ2v) is 4.74. The quantitative estimate of drug-likeness (QED) is 0.888. The molecule has 2 N–H and O–H groups in total. The van der Waals surface area contributed by atoms with Gasteiger partial charge in [0.2, 0.25) is 5.91 Å². The Hall–Kier alpha value is -3.33. The van der Waals surface area contributed by atoms with Gasteiger partial charge in [0.15, 0.2) is 6.61 Å². The number of amides is 2. The van der Waals surface area contributed by atoms with Crippen LogP contribution in [0.3, 0.4) is 0 Å². The Kier molecular flexibility index (Phi) is 5.31. The molecule has 0 aliphatic rings. The molecule has 0 fully saturated rings. The van der Waals surface area contributed by atoms with Gasteiger partial charge >= 0.3 is 0 Å². The van der Waals surface area contributed by atoms with Crippen LogP contribution in [0.5, 0.6) is 5.75 Å². The molecule has 116 valence electrons. The second-order valence-electron chi connectivity index (χ2n) is 4.74. The summed E-state index contributed by atoms with van der Waals surface area (Å²) in [5, 5.41) is 14.1. The van der Waals surface area contributed by atoms with Crippen molar-refractivity contribution in [1.82, 2.24) is 0 Å². The molecule has 2 amide bonds. The zero-order chi connectivity index (χ0) is 16.7. The summed E-state index contributed by atoms with van der Waals surface area (Å²) >= 11 is 0. The molecular formula is C17H15N3O3. The van der Waals surface area contributed by atoms with Crippen molar-refractivity contribution in [3.63, 3.8) is 0 Å². The van der Waals surface area contributed by atoms with Crippen molar-refractivity contribution in [2.45, 2.75) is 6.92 Å². The van der Waals surface area contributed by atoms with Gasteiger partial charge in [0.05, 0.1) is 11.6 Å². The van der Waals surface area contributed by atoms with E-state index < -0.39 is 0 Å². The fraction of sp³-hybridized carbons (Fsp3) is 0.118. The fourth-order valence-electron chi connectivity index (χ4n) is 1.84. The second kappa shape index (κ2) is 7.61. The fourth-order valence-corrected chi connectivity index (χ4v) is 1.84. The molecule has 0 spiro atoms. The Morgan fingerprint density at radius 1 is 1.09 bits per heavy atom. The van der Waals surface area contributed by atoms with E-state index in [9.17, 15) is 9.59 Å². The zero-order valence-corrected chi connectivity index (χ0v) is 12.5. The van der Waals surface area contributed by atoms with Gasteiger partial charge in [-0.25, -0.2) is 0 Å². The van der Waals surface area contributed by atoms with Gasteiger partial charge in [0, 0.05) is 18.3 Å². The summed E-state index contributed by atoms with van der Waals surface area (Å²) in [6.45, 7) is 1.26. The minimum atomic E-state index is -0.320. The summed E-state index contributed by atoms with van der Waals surface area (Å²) in [4.78, 5) is 22.8. The highest BCUT2D eigenvalue weighted by molar-refractivity contribution is 5.93. The maximum Gasteiger partial charge on any atom is 0.262 e. The van der Waals surface area contributed by atoms with Crippen molar-refractivity contribution in [1.29, 1.82) is 5.26 Å². The van der Waals surface area contributed by atoms with Crippen molar-refractivity contribution in [3.05, 3.63) is 54.1 Å². The van der Waals surface area contributed by atoms with E-state index in [4.69, 9.17) is 10.00 Å². The highest BCUT2D eigenvalue weighted by atomic mass is 16.5. The molecule has 2 rings (SSSR count). The number of nitrogens with zero attached hydrogens (tertiary/aromatic N) is 1. The number of carbonyl (C=O) groups excluding carboxylic acids is 2. The van der Waals surface area contributed by atoms with Crippen molar-refractivity contribution >= 4 is 23.2 Å². The van der Waals surface area contributed by atoms with Crippen LogP contribution in [-0.2, 0) is 9.59 Å². The van der Waals surface area contributed by atoms with E-state index >= 15 is 0 Å². The predicted octanol–water partition coefficient (Wildman–Crippen LogP) is 2.53. The lowest BCUT2D eigenvalue weighted by molar-refractivity contribution is -0.118. The third-order valence-corrected chi connectivity index (χ3v) is 2.82. The van der Waals surface area contributed by atoms with Crippen LogP contribution in [0.15, 0.2) is 48.5 Å². The van der Waals surface area contributed by atoms with E-state index in [2.05, 4.69) is 10.6 Å². The summed E-state index contributed by atoms with van der Waals surface area (Å²) in [5.74, 6) is -0.0189. The molecule has 0 aromatic heterocycles. The summed E-state index contributed by atoms with van der Waals surface area (Å²) in [6.07, 6.45) is 0. The molecule has 6 nitrogen and oxygen atoms in total. The number of nitriles is 1. The average molecular weight is 309 g/mol. The maximum absolute atomic E-state index is 11.8. The Morgan fingerprint density at radius 2 is 1.74 bits per heavy atom. The van der Waals surface area contributed by atoms with Crippen LogP contribution in [0.4, 0.5) is 11.4 Å². The van der Waals surface area contributed by atoms with Crippen LogP contribution in [0.2, 0.25) is 0 Å². The van der Waals surface area contributed by atoms with Gasteiger partial charge in [-0.2, -0.15) is 5.26 Å². The lowest BCUT2D eigenvalue weighted by atomic mass is 10.2. The third kappa shape index (κ3) is 5.17. The molecular weight excluding hydrogens is 294 g/mol. The summed E-state index contributed by atoms with van der Waals surface area (Å²) in [6, 6.07) is 15.3. The minimum Gasteiger partial charge on any atom is -0.484 e. The maximum atomic E-state index is 11.8. The Bertz CT molecular complexity index is 748. The SMILES string of the molecule is CC(=O)Nc1ccc(NC(=O)COc2cccc(C#N)c2)cc1. The topological polar surface area (TPSA) is 91.2 Å². The Balaban J connectivity index is 1.87. The van der Waals surface area contributed by atoms with Gasteiger partial charge in [-0.15, -0.1) is 0 Å². The molecule has 0 radical (unpaired) electrons. The van der Waals surface area contributed by atoms with Crippen molar-refractivity contribution in [2.75, 3.05) is 17.2 Å². The molecule has 0 saturated carbocycles. The number of nitrogens with one attached hydrogen (secondary N) is 2. The van der Waals surface area contributed by atoms with Crippen molar-refractivity contribution in [3.8, 4) is 11.8 Å². The summed E-state index contributed by atoms with van der Waals surface area (Å²) < 4.78 is 5.34. The number of carbonyl (C=O) groups is 2. The first-order chi connectivity index (χ1) is 11.1. The lowest BCUT2D eigenvalue weighted by Crippen LogP contribution is -2.20. The van der Waals surface area contributed by atoms with Gasteiger partial charge in [-0.3, -0.25) is 9.59 Å². The lowest BCUT2D eigenvalue weighted by Gasteiger charge is -2.08. The Labute approximate surface area is 133 Å². The highest BCUT2D eigenvalue weighted by Gasteiger charge is 2.05.